The second-order valence-electron chi connectivity index (χ2n) is 1.77. The second-order valence-corrected chi connectivity index (χ2v) is 3.68. The van der Waals surface area contributed by atoms with Crippen LogP contribution in [-0.2, 0) is 0 Å². The summed E-state index contributed by atoms with van der Waals surface area (Å²) in [5.74, 6) is 0. The van der Waals surface area contributed by atoms with E-state index in [0.29, 0.717) is 5.56 Å². The number of anilines is 1. The molecule has 0 aliphatic heterocycles. The first kappa shape index (κ1) is 6.41. The van der Waals surface area contributed by atoms with Crippen molar-refractivity contribution >= 4 is 19.1 Å². The molecule has 1 aromatic rings. The topological polar surface area (TPSA) is 49.8 Å². The fourth-order valence-electron chi connectivity index (χ4n) is 0.607. The van der Waals surface area contributed by atoms with Crippen molar-refractivity contribution in [1.82, 2.24) is 0 Å². The normalized spacial score (nSPS) is 8.89. The van der Waals surface area contributed by atoms with Gasteiger partial charge in [-0.2, -0.15) is 0 Å². The molecule has 1 rings (SSSR count). The maximum atomic E-state index is 8.49. The van der Waals surface area contributed by atoms with Gasteiger partial charge in [-0.25, -0.2) is 0 Å². The molecule has 9 heavy (non-hydrogen) atoms. The first-order valence-corrected chi connectivity index (χ1v) is 4.34. The molecular weight excluding hydrogens is 179 g/mol. The summed E-state index contributed by atoms with van der Waals surface area (Å²) in [6, 6.07) is 2.07. The zero-order valence-electron chi connectivity index (χ0n) is 5.01. The summed E-state index contributed by atoms with van der Waals surface area (Å²) in [5, 5.41) is 8.49. The molecule has 0 aliphatic rings. The van der Waals surface area contributed by atoms with Gasteiger partial charge in [0.15, 0.2) is 0 Å². The Morgan fingerprint density at radius 3 is 2.67 bits per heavy atom. The van der Waals surface area contributed by atoms with Crippen molar-refractivity contribution in [2.45, 2.75) is 6.92 Å². The summed E-state index contributed by atoms with van der Waals surface area (Å²) >= 11 is 0.245. The molecule has 0 atom stereocenters. The number of aryl methyl sites for hydroxylation is 1. The Labute approximate surface area is 59.7 Å². The van der Waals surface area contributed by atoms with Crippen LogP contribution < -0.4 is 5.73 Å². The van der Waals surface area contributed by atoms with Crippen molar-refractivity contribution in [1.29, 1.82) is 5.26 Å². The quantitative estimate of drug-likeness (QED) is 0.598. The average Bonchev–Trinajstić information content (AvgIpc) is 2.12. The van der Waals surface area contributed by atoms with Gasteiger partial charge >= 0.3 is 59.1 Å². The molecule has 0 bridgehead atoms. The summed E-state index contributed by atoms with van der Waals surface area (Å²) in [5.41, 5.74) is 7.24. The van der Waals surface area contributed by atoms with E-state index in [0.717, 1.165) is 10.1 Å². The maximum absolute atomic E-state index is 8.49. The molecule has 2 N–H and O–H groups in total. The van der Waals surface area contributed by atoms with Gasteiger partial charge in [-0.05, 0) is 0 Å². The van der Waals surface area contributed by atoms with Crippen molar-refractivity contribution in [3.63, 3.8) is 0 Å². The minimum absolute atomic E-state index is 0.245. The van der Waals surface area contributed by atoms with Crippen LogP contribution >= 0.6 is 0 Å². The van der Waals surface area contributed by atoms with Gasteiger partial charge < -0.3 is 0 Å². The second kappa shape index (κ2) is 2.26. The van der Waals surface area contributed by atoms with Gasteiger partial charge in [0.05, 0.1) is 0 Å². The van der Waals surface area contributed by atoms with E-state index in [-0.39, 0.29) is 14.5 Å². The van der Waals surface area contributed by atoms with Crippen molar-refractivity contribution in [2.24, 2.45) is 0 Å². The molecule has 0 aromatic carbocycles. The predicted octanol–water partition coefficient (Wildman–Crippen LogP) is 0.506. The molecule has 0 radical (unpaired) electrons. The number of hydrogen-bond acceptors (Lipinski definition) is 2. The number of hydrogen-bond donors (Lipinski definition) is 1. The molecule has 1 aromatic heterocycles. The van der Waals surface area contributed by atoms with Crippen molar-refractivity contribution in [2.75, 3.05) is 5.73 Å². The number of nitrogen functional groups attached to an aromatic ring is 1. The van der Waals surface area contributed by atoms with Gasteiger partial charge in [-0.3, -0.25) is 0 Å². The Kier molecular flexibility index (Phi) is 1.61. The van der Waals surface area contributed by atoms with E-state index >= 15 is 0 Å². The van der Waals surface area contributed by atoms with Crippen LogP contribution in [0.5, 0.6) is 0 Å². The van der Waals surface area contributed by atoms with Gasteiger partial charge in [0.25, 0.3) is 0 Å². The molecule has 2 nitrogen and oxygen atoms in total. The molecule has 0 saturated heterocycles. The third-order valence-corrected chi connectivity index (χ3v) is 3.07. The van der Waals surface area contributed by atoms with Crippen LogP contribution in [0.3, 0.4) is 0 Å². The van der Waals surface area contributed by atoms with Gasteiger partial charge in [-0.1, -0.05) is 0 Å². The molecule has 0 fully saturated rings. The van der Waals surface area contributed by atoms with E-state index in [4.69, 9.17) is 11.0 Å². The number of nitrogens with two attached hydrogens (primary N) is 1. The van der Waals surface area contributed by atoms with E-state index in [1.165, 1.54) is 0 Å². The van der Waals surface area contributed by atoms with Crippen LogP contribution in [-0.4, -0.2) is 14.5 Å². The molecule has 0 spiro atoms. The van der Waals surface area contributed by atoms with Crippen LogP contribution in [0.2, 0.25) is 0 Å². The fraction of sp³-hybridized carbons (Fsp3) is 0.167. The van der Waals surface area contributed by atoms with Crippen molar-refractivity contribution in [3.05, 3.63) is 16.1 Å². The average molecular weight is 185 g/mol. The molecule has 0 saturated carbocycles. The monoisotopic (exact) mass is 186 g/mol. The standard InChI is InChI=1S/C6H6N2Se/c1-4-3-9-6(8)5(4)2-7/h3H,8H2,1H3. The zero-order chi connectivity index (χ0) is 6.85. The Hall–Kier alpha value is -0.711. The van der Waals surface area contributed by atoms with Crippen LogP contribution in [0, 0.1) is 18.3 Å². The van der Waals surface area contributed by atoms with Crippen molar-refractivity contribution < 1.29 is 0 Å². The number of nitrogens with zero attached hydrogens (tertiary/aromatic N) is 1. The van der Waals surface area contributed by atoms with E-state index in [2.05, 4.69) is 6.07 Å². The Morgan fingerprint density at radius 1 is 1.78 bits per heavy atom. The summed E-state index contributed by atoms with van der Waals surface area (Å²) < 4.78 is 0.766. The first-order valence-electron chi connectivity index (χ1n) is 2.49. The summed E-state index contributed by atoms with van der Waals surface area (Å²) in [4.78, 5) is 2.03. The first-order chi connectivity index (χ1) is 4.25. The van der Waals surface area contributed by atoms with E-state index in [1.54, 1.807) is 0 Å². The van der Waals surface area contributed by atoms with E-state index < -0.39 is 0 Å². The molecule has 3 heteroatoms. The number of rotatable bonds is 0. The van der Waals surface area contributed by atoms with Gasteiger partial charge in [0.2, 0.25) is 0 Å². The molecule has 1 heterocycles. The Bertz CT molecular complexity index is 237. The van der Waals surface area contributed by atoms with Crippen LogP contribution in [0.25, 0.3) is 0 Å². The van der Waals surface area contributed by atoms with E-state index in [1.807, 2.05) is 11.9 Å². The Morgan fingerprint density at radius 2 is 2.44 bits per heavy atom. The Balaban J connectivity index is 3.27. The molecule has 0 amide bonds. The van der Waals surface area contributed by atoms with Crippen LogP contribution in [0.4, 0.5) is 4.56 Å². The fourth-order valence-corrected chi connectivity index (χ4v) is 2.17. The minimum atomic E-state index is 0.245. The SMILES string of the molecule is Cc1c[se]c(N)c1C#N. The summed E-state index contributed by atoms with van der Waals surface area (Å²) in [6.07, 6.45) is 0. The van der Waals surface area contributed by atoms with Gasteiger partial charge in [0.1, 0.15) is 0 Å². The number of nitriles is 1. The molecule has 0 unspecified atom stereocenters. The van der Waals surface area contributed by atoms with Gasteiger partial charge in [0, 0.05) is 0 Å². The molecular formula is C6H6N2Se. The van der Waals surface area contributed by atoms with Crippen LogP contribution in [0.15, 0.2) is 4.94 Å². The molecule has 46 valence electrons. The van der Waals surface area contributed by atoms with Gasteiger partial charge in [-0.15, -0.1) is 0 Å². The van der Waals surface area contributed by atoms with Crippen LogP contribution in [0.1, 0.15) is 11.1 Å². The third kappa shape index (κ3) is 0.999. The summed E-state index contributed by atoms with van der Waals surface area (Å²) in [7, 11) is 0. The zero-order valence-corrected chi connectivity index (χ0v) is 6.72. The molecule has 0 aliphatic carbocycles. The van der Waals surface area contributed by atoms with Crippen molar-refractivity contribution in [3.8, 4) is 6.07 Å². The predicted molar refractivity (Wildman–Crippen MR) is 37.2 cm³/mol. The van der Waals surface area contributed by atoms with E-state index in [9.17, 15) is 0 Å². The summed E-state index contributed by atoms with van der Waals surface area (Å²) in [6.45, 7) is 1.92. The third-order valence-electron chi connectivity index (χ3n) is 1.12.